The van der Waals surface area contributed by atoms with E-state index in [0.29, 0.717) is 12.8 Å². The highest BCUT2D eigenvalue weighted by molar-refractivity contribution is 5.28. The zero-order valence-electron chi connectivity index (χ0n) is 15.1. The molecule has 0 aromatic carbocycles. The zero-order valence-corrected chi connectivity index (χ0v) is 15.1. The molecule has 0 aromatic rings. The number of allylic oxidation sites excluding steroid dienone is 3. The molecular weight excluding hydrogens is 288 g/mol. The molecular formula is C20H32O3. The van der Waals surface area contributed by atoms with Crippen LogP contribution in [0.4, 0.5) is 0 Å². The molecule has 0 saturated carbocycles. The molecule has 2 rings (SSSR count). The Morgan fingerprint density at radius 2 is 1.87 bits per heavy atom. The SMILES string of the molecule is CC1=C2CC/C(C)=C/CC[C@](C)(O)[C@H](O)CC/C(C)=C/[C@H]2OC1. The number of aliphatic hydroxyl groups is 2. The predicted octanol–water partition coefficient (Wildman–Crippen LogP) is 4.06. The van der Waals surface area contributed by atoms with Crippen molar-refractivity contribution < 1.29 is 14.9 Å². The predicted molar refractivity (Wildman–Crippen MR) is 94.3 cm³/mol. The summed E-state index contributed by atoms with van der Waals surface area (Å²) in [5, 5.41) is 20.8. The van der Waals surface area contributed by atoms with Crippen LogP contribution < -0.4 is 0 Å². The molecule has 3 heteroatoms. The van der Waals surface area contributed by atoms with Gasteiger partial charge in [-0.3, -0.25) is 0 Å². The Bertz CT molecular complexity index is 511. The molecule has 1 aliphatic heterocycles. The third-order valence-corrected chi connectivity index (χ3v) is 5.27. The highest BCUT2D eigenvalue weighted by atomic mass is 16.5. The Kier molecular flexibility index (Phi) is 6.24. The summed E-state index contributed by atoms with van der Waals surface area (Å²) in [6.45, 7) is 8.88. The van der Waals surface area contributed by atoms with Gasteiger partial charge in [-0.1, -0.05) is 23.3 Å². The minimum absolute atomic E-state index is 0.0865. The largest absolute Gasteiger partial charge is 0.390 e. The molecule has 0 unspecified atom stereocenters. The van der Waals surface area contributed by atoms with Gasteiger partial charge < -0.3 is 14.9 Å². The van der Waals surface area contributed by atoms with Gasteiger partial charge >= 0.3 is 0 Å². The number of aliphatic hydroxyl groups excluding tert-OH is 1. The topological polar surface area (TPSA) is 49.7 Å². The molecule has 2 aliphatic rings. The first-order valence-electron chi connectivity index (χ1n) is 8.83. The van der Waals surface area contributed by atoms with Crippen molar-refractivity contribution in [3.05, 3.63) is 34.4 Å². The van der Waals surface area contributed by atoms with Crippen molar-refractivity contribution in [2.45, 2.75) is 84.0 Å². The van der Waals surface area contributed by atoms with Crippen molar-refractivity contribution >= 4 is 0 Å². The summed E-state index contributed by atoms with van der Waals surface area (Å²) in [4.78, 5) is 0. The molecule has 0 radical (unpaired) electrons. The highest BCUT2D eigenvalue weighted by Gasteiger charge is 2.29. The minimum atomic E-state index is -1.02. The van der Waals surface area contributed by atoms with Crippen molar-refractivity contribution in [3.63, 3.8) is 0 Å². The first-order valence-corrected chi connectivity index (χ1v) is 8.83. The molecule has 1 heterocycles. The van der Waals surface area contributed by atoms with Crippen molar-refractivity contribution in [2.75, 3.05) is 6.61 Å². The second-order valence-electron chi connectivity index (χ2n) is 7.55. The van der Waals surface area contributed by atoms with E-state index in [1.165, 1.54) is 22.3 Å². The van der Waals surface area contributed by atoms with Crippen LogP contribution in [0.2, 0.25) is 0 Å². The van der Waals surface area contributed by atoms with Crippen LogP contribution in [0.5, 0.6) is 0 Å². The van der Waals surface area contributed by atoms with Gasteiger partial charge in [0.05, 0.1) is 24.4 Å². The van der Waals surface area contributed by atoms with Crippen molar-refractivity contribution in [1.29, 1.82) is 0 Å². The van der Waals surface area contributed by atoms with E-state index < -0.39 is 11.7 Å². The Labute approximate surface area is 140 Å². The average molecular weight is 320 g/mol. The smallest absolute Gasteiger partial charge is 0.0977 e. The molecule has 3 atom stereocenters. The number of rotatable bonds is 0. The fraction of sp³-hybridized carbons (Fsp3) is 0.700. The Balaban J connectivity index is 2.20. The second kappa shape index (κ2) is 7.78. The Morgan fingerprint density at radius 3 is 2.61 bits per heavy atom. The fourth-order valence-corrected chi connectivity index (χ4v) is 3.38. The van der Waals surface area contributed by atoms with Gasteiger partial charge in [-0.2, -0.15) is 0 Å². The summed E-state index contributed by atoms with van der Waals surface area (Å²) in [6.07, 6.45) is 8.65. The molecule has 0 bridgehead atoms. The van der Waals surface area contributed by atoms with Gasteiger partial charge in [0.1, 0.15) is 0 Å². The lowest BCUT2D eigenvalue weighted by molar-refractivity contribution is -0.0691. The minimum Gasteiger partial charge on any atom is -0.390 e. The second-order valence-corrected chi connectivity index (χ2v) is 7.55. The van der Waals surface area contributed by atoms with Crippen LogP contribution in [0.3, 0.4) is 0 Å². The van der Waals surface area contributed by atoms with Crippen LogP contribution in [0.15, 0.2) is 34.4 Å². The fourth-order valence-electron chi connectivity index (χ4n) is 3.38. The summed E-state index contributed by atoms with van der Waals surface area (Å²) in [5.74, 6) is 0. The summed E-state index contributed by atoms with van der Waals surface area (Å²) in [6, 6.07) is 0. The Hall–Kier alpha value is -0.900. The number of ether oxygens (including phenoxy) is 1. The van der Waals surface area contributed by atoms with Crippen LogP contribution in [0, 0.1) is 0 Å². The molecule has 0 amide bonds. The van der Waals surface area contributed by atoms with Crippen LogP contribution >= 0.6 is 0 Å². The average Bonchev–Trinajstić information content (AvgIpc) is 2.82. The number of hydrogen-bond donors (Lipinski definition) is 2. The van der Waals surface area contributed by atoms with Gasteiger partial charge in [0.2, 0.25) is 0 Å². The summed E-state index contributed by atoms with van der Waals surface area (Å²) in [7, 11) is 0. The molecule has 0 fully saturated rings. The normalized spacial score (nSPS) is 39.0. The molecule has 3 nitrogen and oxygen atoms in total. The molecule has 23 heavy (non-hydrogen) atoms. The van der Waals surface area contributed by atoms with Crippen molar-refractivity contribution in [3.8, 4) is 0 Å². The van der Waals surface area contributed by atoms with E-state index in [0.717, 1.165) is 32.3 Å². The van der Waals surface area contributed by atoms with Crippen LogP contribution in [0.1, 0.15) is 66.2 Å². The lowest BCUT2D eigenvalue weighted by atomic mass is 9.88. The standard InChI is InChI=1S/C20H32O3/c1-14-6-5-11-20(4,22)19(21)10-8-15(2)12-18-17(9-7-14)16(3)13-23-18/h6,12,18-19,21-22H,5,7-11,13H2,1-4H3/b14-6+,15-12+/t18-,19-,20+/m1/s1. The highest BCUT2D eigenvalue weighted by Crippen LogP contribution is 2.30. The summed E-state index contributed by atoms with van der Waals surface area (Å²) >= 11 is 0. The van der Waals surface area contributed by atoms with Gasteiger partial charge in [-0.25, -0.2) is 0 Å². The van der Waals surface area contributed by atoms with Gasteiger partial charge in [-0.15, -0.1) is 0 Å². The monoisotopic (exact) mass is 320 g/mol. The van der Waals surface area contributed by atoms with E-state index in [1.54, 1.807) is 6.92 Å². The van der Waals surface area contributed by atoms with E-state index in [9.17, 15) is 10.2 Å². The maximum atomic E-state index is 10.5. The third kappa shape index (κ3) is 5.03. The van der Waals surface area contributed by atoms with Crippen LogP contribution in [-0.4, -0.2) is 34.6 Å². The summed E-state index contributed by atoms with van der Waals surface area (Å²) in [5.41, 5.74) is 4.33. The lowest BCUT2D eigenvalue weighted by Crippen LogP contribution is -2.39. The number of fused-ring (bicyclic) bond motifs is 1. The van der Waals surface area contributed by atoms with E-state index in [4.69, 9.17) is 4.74 Å². The molecule has 0 aromatic heterocycles. The zero-order chi connectivity index (χ0) is 17.0. The van der Waals surface area contributed by atoms with Crippen LogP contribution in [-0.2, 0) is 4.74 Å². The molecule has 0 spiro atoms. The molecule has 0 saturated heterocycles. The van der Waals surface area contributed by atoms with Gasteiger partial charge in [-0.05, 0) is 77.4 Å². The third-order valence-electron chi connectivity index (χ3n) is 5.27. The van der Waals surface area contributed by atoms with Crippen molar-refractivity contribution in [1.82, 2.24) is 0 Å². The molecule has 2 N–H and O–H groups in total. The maximum Gasteiger partial charge on any atom is 0.0977 e. The molecule has 1 aliphatic carbocycles. The van der Waals surface area contributed by atoms with Crippen molar-refractivity contribution in [2.24, 2.45) is 0 Å². The van der Waals surface area contributed by atoms with Gasteiger partial charge in [0, 0.05) is 0 Å². The maximum absolute atomic E-state index is 10.5. The van der Waals surface area contributed by atoms with Gasteiger partial charge in [0.25, 0.3) is 0 Å². The van der Waals surface area contributed by atoms with Gasteiger partial charge in [0.15, 0.2) is 0 Å². The first kappa shape index (κ1) is 18.4. The van der Waals surface area contributed by atoms with Crippen LogP contribution in [0.25, 0.3) is 0 Å². The number of hydrogen-bond acceptors (Lipinski definition) is 3. The Morgan fingerprint density at radius 1 is 1.13 bits per heavy atom. The van der Waals surface area contributed by atoms with E-state index >= 15 is 0 Å². The molecule has 130 valence electrons. The summed E-state index contributed by atoms with van der Waals surface area (Å²) < 4.78 is 5.92. The van der Waals surface area contributed by atoms with E-state index in [-0.39, 0.29) is 6.10 Å². The van der Waals surface area contributed by atoms with E-state index in [2.05, 4.69) is 32.9 Å². The lowest BCUT2D eigenvalue weighted by Gasteiger charge is -2.29. The quantitative estimate of drug-likeness (QED) is 0.662. The first-order chi connectivity index (χ1) is 10.8. The van der Waals surface area contributed by atoms with E-state index in [1.807, 2.05) is 0 Å².